The molecule has 0 bridgehead atoms. The van der Waals surface area contributed by atoms with E-state index in [1.54, 1.807) is 18.6 Å². The Labute approximate surface area is 168 Å². The van der Waals surface area contributed by atoms with Gasteiger partial charge in [-0.2, -0.15) is 5.10 Å². The molecule has 0 aliphatic rings. The van der Waals surface area contributed by atoms with Crippen molar-refractivity contribution in [2.24, 2.45) is 0 Å². The summed E-state index contributed by atoms with van der Waals surface area (Å²) in [6, 6.07) is 9.37. The number of anilines is 1. The number of nitrogens with zero attached hydrogens (tertiary/aromatic N) is 3. The van der Waals surface area contributed by atoms with Crippen molar-refractivity contribution in [3.05, 3.63) is 76.9 Å². The lowest BCUT2D eigenvalue weighted by molar-refractivity contribution is 0.102. The smallest absolute Gasteiger partial charge is 0.255 e. The van der Waals surface area contributed by atoms with Crippen molar-refractivity contribution < 1.29 is 9.53 Å². The molecule has 7 nitrogen and oxygen atoms in total. The van der Waals surface area contributed by atoms with Gasteiger partial charge in [-0.05, 0) is 56.2 Å². The number of benzene rings is 1. The Morgan fingerprint density at radius 3 is 2.66 bits per heavy atom. The van der Waals surface area contributed by atoms with E-state index < -0.39 is 0 Å². The third-order valence-corrected chi connectivity index (χ3v) is 4.69. The summed E-state index contributed by atoms with van der Waals surface area (Å²) in [4.78, 5) is 21.1. The number of rotatable bonds is 5. The van der Waals surface area contributed by atoms with Gasteiger partial charge in [0.25, 0.3) is 5.91 Å². The zero-order valence-corrected chi connectivity index (χ0v) is 16.5. The van der Waals surface area contributed by atoms with E-state index in [-0.39, 0.29) is 5.91 Å². The van der Waals surface area contributed by atoms with Crippen molar-refractivity contribution in [2.45, 2.75) is 27.4 Å². The molecular formula is C22H21N5O2. The van der Waals surface area contributed by atoms with E-state index in [2.05, 4.69) is 25.5 Å². The third-order valence-electron chi connectivity index (χ3n) is 4.69. The molecule has 4 aromatic rings. The Kier molecular flexibility index (Phi) is 4.95. The second-order valence-electron chi connectivity index (χ2n) is 6.99. The summed E-state index contributed by atoms with van der Waals surface area (Å²) in [5.41, 5.74) is 5.52. The van der Waals surface area contributed by atoms with E-state index in [1.165, 1.54) is 0 Å². The van der Waals surface area contributed by atoms with Gasteiger partial charge < -0.3 is 10.1 Å². The first-order valence-corrected chi connectivity index (χ1v) is 9.26. The number of fused-ring (bicyclic) bond motifs is 1. The van der Waals surface area contributed by atoms with E-state index >= 15 is 0 Å². The normalized spacial score (nSPS) is 10.9. The zero-order chi connectivity index (χ0) is 20.4. The molecule has 0 unspecified atom stereocenters. The Bertz CT molecular complexity index is 1160. The molecular weight excluding hydrogens is 366 g/mol. The topological polar surface area (TPSA) is 92.8 Å². The number of hydrogen-bond donors (Lipinski definition) is 2. The molecule has 29 heavy (non-hydrogen) atoms. The fraction of sp³-hybridized carbons (Fsp3) is 0.182. The first-order valence-electron chi connectivity index (χ1n) is 9.26. The number of hydrogen-bond acceptors (Lipinski definition) is 5. The van der Waals surface area contributed by atoms with Gasteiger partial charge in [0.1, 0.15) is 12.4 Å². The highest BCUT2D eigenvalue weighted by molar-refractivity contribution is 6.05. The molecule has 3 heterocycles. The van der Waals surface area contributed by atoms with Crippen LogP contribution in [-0.4, -0.2) is 26.1 Å². The highest BCUT2D eigenvalue weighted by atomic mass is 16.5. The van der Waals surface area contributed by atoms with Crippen molar-refractivity contribution in [2.75, 3.05) is 5.32 Å². The van der Waals surface area contributed by atoms with Gasteiger partial charge >= 0.3 is 0 Å². The number of aryl methyl sites for hydroxylation is 3. The van der Waals surface area contributed by atoms with Gasteiger partial charge in [-0.3, -0.25) is 14.9 Å². The average molecular weight is 387 g/mol. The molecule has 4 rings (SSSR count). The molecule has 3 aromatic heterocycles. The molecule has 1 aromatic carbocycles. The second kappa shape index (κ2) is 7.71. The fourth-order valence-corrected chi connectivity index (χ4v) is 3.24. The minimum absolute atomic E-state index is 0.197. The molecule has 0 saturated carbocycles. The van der Waals surface area contributed by atoms with Crippen molar-refractivity contribution in [1.29, 1.82) is 0 Å². The van der Waals surface area contributed by atoms with Gasteiger partial charge in [-0.25, -0.2) is 4.98 Å². The minimum Gasteiger partial charge on any atom is -0.488 e. The fourth-order valence-electron chi connectivity index (χ4n) is 3.24. The Morgan fingerprint density at radius 1 is 1.14 bits per heavy atom. The Morgan fingerprint density at radius 2 is 1.93 bits per heavy atom. The van der Waals surface area contributed by atoms with Crippen molar-refractivity contribution in [3.8, 4) is 5.75 Å². The van der Waals surface area contributed by atoms with Crippen LogP contribution in [0, 0.1) is 20.8 Å². The van der Waals surface area contributed by atoms with Crippen LogP contribution in [-0.2, 0) is 6.61 Å². The van der Waals surface area contributed by atoms with Crippen molar-refractivity contribution in [1.82, 2.24) is 20.2 Å². The van der Waals surface area contributed by atoms with Crippen LogP contribution >= 0.6 is 0 Å². The predicted molar refractivity (Wildman–Crippen MR) is 111 cm³/mol. The molecule has 1 amide bonds. The first kappa shape index (κ1) is 18.6. The zero-order valence-electron chi connectivity index (χ0n) is 16.5. The summed E-state index contributed by atoms with van der Waals surface area (Å²) in [7, 11) is 0. The molecule has 0 spiro atoms. The summed E-state index contributed by atoms with van der Waals surface area (Å²) in [5, 5.41) is 10.8. The maximum absolute atomic E-state index is 12.8. The molecule has 0 radical (unpaired) electrons. The highest BCUT2D eigenvalue weighted by Crippen LogP contribution is 2.26. The van der Waals surface area contributed by atoms with E-state index in [9.17, 15) is 4.79 Å². The van der Waals surface area contributed by atoms with Crippen molar-refractivity contribution >= 4 is 22.6 Å². The second-order valence-corrected chi connectivity index (χ2v) is 6.99. The maximum Gasteiger partial charge on any atom is 0.255 e. The van der Waals surface area contributed by atoms with Crippen LogP contribution in [0.4, 0.5) is 5.69 Å². The number of amides is 1. The predicted octanol–water partition coefficient (Wildman–Crippen LogP) is 4.11. The number of carbonyl (C=O) groups is 1. The molecule has 0 atom stereocenters. The van der Waals surface area contributed by atoms with Gasteiger partial charge in [0.05, 0.1) is 11.9 Å². The molecule has 146 valence electrons. The van der Waals surface area contributed by atoms with Crippen LogP contribution in [0.25, 0.3) is 11.0 Å². The van der Waals surface area contributed by atoms with Gasteiger partial charge in [0.15, 0.2) is 5.65 Å². The number of pyridine rings is 2. The number of H-pyrrole nitrogens is 1. The van der Waals surface area contributed by atoms with Crippen molar-refractivity contribution in [3.63, 3.8) is 0 Å². The Balaban J connectivity index is 1.51. The van der Waals surface area contributed by atoms with Crippen LogP contribution in [0.1, 0.15) is 32.7 Å². The molecule has 0 fully saturated rings. The van der Waals surface area contributed by atoms with Gasteiger partial charge in [0, 0.05) is 34.6 Å². The average Bonchev–Trinajstić information content (AvgIpc) is 3.08. The molecule has 0 aliphatic heterocycles. The lowest BCUT2D eigenvalue weighted by Crippen LogP contribution is -2.13. The number of carbonyl (C=O) groups excluding carboxylic acids is 1. The SMILES string of the molecule is Cc1cc(C(=O)Nc2cnc3n[nH]c(C)c3c2)cc(C)c1OCc1cccnc1. The van der Waals surface area contributed by atoms with E-state index in [0.717, 1.165) is 33.5 Å². The lowest BCUT2D eigenvalue weighted by Gasteiger charge is -2.14. The summed E-state index contributed by atoms with van der Waals surface area (Å²) in [6.45, 7) is 6.21. The van der Waals surface area contributed by atoms with E-state index in [0.29, 0.717) is 23.5 Å². The number of ether oxygens (including phenoxy) is 1. The summed E-state index contributed by atoms with van der Waals surface area (Å²) in [6.07, 6.45) is 5.11. The molecule has 7 heteroatoms. The van der Waals surface area contributed by atoms with E-state index in [4.69, 9.17) is 4.74 Å². The number of nitrogens with one attached hydrogen (secondary N) is 2. The monoisotopic (exact) mass is 387 g/mol. The minimum atomic E-state index is -0.197. The van der Waals surface area contributed by atoms with E-state index in [1.807, 2.05) is 51.1 Å². The highest BCUT2D eigenvalue weighted by Gasteiger charge is 2.13. The van der Waals surface area contributed by atoms with Crippen LogP contribution < -0.4 is 10.1 Å². The largest absolute Gasteiger partial charge is 0.488 e. The quantitative estimate of drug-likeness (QED) is 0.538. The Hall–Kier alpha value is -3.74. The number of aromatic nitrogens is 4. The third kappa shape index (κ3) is 3.94. The molecule has 0 aliphatic carbocycles. The van der Waals surface area contributed by atoms with Crippen LogP contribution in [0.3, 0.4) is 0 Å². The molecule has 2 N–H and O–H groups in total. The van der Waals surface area contributed by atoms with Gasteiger partial charge in [0.2, 0.25) is 0 Å². The maximum atomic E-state index is 12.8. The standard InChI is InChI=1S/C22H21N5O2/c1-13-7-17(8-14(2)20(13)29-12-16-5-4-6-23-10-16)22(28)25-18-9-19-15(3)26-27-21(19)24-11-18/h4-11H,12H2,1-3H3,(H,25,28)(H,24,26,27). The summed E-state index contributed by atoms with van der Waals surface area (Å²) >= 11 is 0. The number of aromatic amines is 1. The molecule has 0 saturated heterocycles. The van der Waals surface area contributed by atoms with Crippen LogP contribution in [0.5, 0.6) is 5.75 Å². The van der Waals surface area contributed by atoms with Crippen LogP contribution in [0.15, 0.2) is 48.9 Å². The first-order chi connectivity index (χ1) is 14.0. The lowest BCUT2D eigenvalue weighted by atomic mass is 10.0. The van der Waals surface area contributed by atoms with Gasteiger partial charge in [-0.15, -0.1) is 0 Å². The van der Waals surface area contributed by atoms with Crippen LogP contribution in [0.2, 0.25) is 0 Å². The summed E-state index contributed by atoms with van der Waals surface area (Å²) in [5.74, 6) is 0.583. The van der Waals surface area contributed by atoms with Gasteiger partial charge in [-0.1, -0.05) is 6.07 Å². The summed E-state index contributed by atoms with van der Waals surface area (Å²) < 4.78 is 5.97.